The van der Waals surface area contributed by atoms with Crippen molar-refractivity contribution in [2.75, 3.05) is 32.5 Å². The minimum absolute atomic E-state index is 0.114. The number of anilines is 1. The molecule has 6 heteroatoms. The number of aromatic nitrogens is 2. The van der Waals surface area contributed by atoms with Crippen LogP contribution in [0.1, 0.15) is 37.7 Å². The topological polar surface area (TPSA) is 70.2 Å². The van der Waals surface area contributed by atoms with E-state index in [9.17, 15) is 4.79 Å². The zero-order valence-corrected chi connectivity index (χ0v) is 13.7. The normalized spacial score (nSPS) is 12.5. The van der Waals surface area contributed by atoms with Gasteiger partial charge in [-0.1, -0.05) is 13.8 Å². The van der Waals surface area contributed by atoms with Gasteiger partial charge in [0.15, 0.2) is 5.69 Å². The molecule has 1 heterocycles. The number of amides is 1. The van der Waals surface area contributed by atoms with Crippen LogP contribution in [0.4, 0.5) is 5.82 Å². The largest absolute Gasteiger partial charge is 0.369 e. The van der Waals surface area contributed by atoms with E-state index in [2.05, 4.69) is 39.6 Å². The summed E-state index contributed by atoms with van der Waals surface area (Å²) in [5.41, 5.74) is 0.351. The molecule has 0 aliphatic heterocycles. The van der Waals surface area contributed by atoms with Gasteiger partial charge in [-0.3, -0.25) is 4.79 Å². The smallest absolute Gasteiger partial charge is 0.272 e. The van der Waals surface area contributed by atoms with Gasteiger partial charge in [0.25, 0.3) is 5.91 Å². The van der Waals surface area contributed by atoms with Crippen LogP contribution in [0.3, 0.4) is 0 Å². The molecule has 6 nitrogen and oxygen atoms in total. The lowest BCUT2D eigenvalue weighted by atomic mass is 10.0. The summed E-state index contributed by atoms with van der Waals surface area (Å²) in [5.74, 6) is 1.04. The Bertz CT molecular complexity index is 420. The van der Waals surface area contributed by atoms with Crippen LogP contribution in [0.2, 0.25) is 0 Å². The van der Waals surface area contributed by atoms with Gasteiger partial charge in [-0.25, -0.2) is 0 Å². The van der Waals surface area contributed by atoms with Gasteiger partial charge in [0.1, 0.15) is 5.82 Å². The van der Waals surface area contributed by atoms with Crippen molar-refractivity contribution in [2.24, 2.45) is 5.92 Å². The third-order valence-corrected chi connectivity index (χ3v) is 2.93. The van der Waals surface area contributed by atoms with Gasteiger partial charge in [0, 0.05) is 19.1 Å². The van der Waals surface area contributed by atoms with Crippen LogP contribution in [0.5, 0.6) is 0 Å². The number of likely N-dealkylation sites (N-methyl/N-ethyl adjacent to an activating group) is 1. The zero-order chi connectivity index (χ0) is 15.8. The molecule has 0 spiro atoms. The second-order valence-electron chi connectivity index (χ2n) is 5.90. The van der Waals surface area contributed by atoms with Crippen LogP contribution in [-0.2, 0) is 0 Å². The summed E-state index contributed by atoms with van der Waals surface area (Å²) < 4.78 is 0. The van der Waals surface area contributed by atoms with Gasteiger partial charge in [0.2, 0.25) is 0 Å². The van der Waals surface area contributed by atoms with Gasteiger partial charge in [-0.15, -0.1) is 10.2 Å². The molecule has 0 aliphatic carbocycles. The summed E-state index contributed by atoms with van der Waals surface area (Å²) in [6.45, 7) is 7.88. The molecule has 1 unspecified atom stereocenters. The van der Waals surface area contributed by atoms with Crippen molar-refractivity contribution < 1.29 is 4.79 Å². The van der Waals surface area contributed by atoms with Gasteiger partial charge in [0.05, 0.1) is 0 Å². The van der Waals surface area contributed by atoms with E-state index in [-0.39, 0.29) is 11.9 Å². The lowest BCUT2D eigenvalue weighted by Gasteiger charge is -2.23. The second-order valence-corrected chi connectivity index (χ2v) is 5.90. The highest BCUT2D eigenvalue weighted by molar-refractivity contribution is 5.92. The predicted molar refractivity (Wildman–Crippen MR) is 85.5 cm³/mol. The summed E-state index contributed by atoms with van der Waals surface area (Å²) in [4.78, 5) is 14.3. The summed E-state index contributed by atoms with van der Waals surface area (Å²) in [6, 6.07) is 3.58. The van der Waals surface area contributed by atoms with E-state index in [0.717, 1.165) is 19.5 Å². The highest BCUT2D eigenvalue weighted by Crippen LogP contribution is 2.07. The molecule has 1 atom stereocenters. The monoisotopic (exact) mass is 293 g/mol. The minimum atomic E-state index is -0.168. The van der Waals surface area contributed by atoms with Crippen LogP contribution in [0.15, 0.2) is 12.1 Å². The first kappa shape index (κ1) is 17.4. The molecular formula is C15H27N5O. The van der Waals surface area contributed by atoms with Crippen LogP contribution >= 0.6 is 0 Å². The molecule has 1 amide bonds. The first-order valence-corrected chi connectivity index (χ1v) is 7.45. The van der Waals surface area contributed by atoms with E-state index < -0.39 is 0 Å². The van der Waals surface area contributed by atoms with Gasteiger partial charge in [-0.2, -0.15) is 0 Å². The number of hydrogen-bond donors (Lipinski definition) is 2. The molecule has 21 heavy (non-hydrogen) atoms. The van der Waals surface area contributed by atoms with Gasteiger partial charge >= 0.3 is 0 Å². The molecule has 118 valence electrons. The third-order valence-electron chi connectivity index (χ3n) is 2.93. The highest BCUT2D eigenvalue weighted by Gasteiger charge is 2.17. The molecule has 0 fully saturated rings. The first-order chi connectivity index (χ1) is 9.92. The minimum Gasteiger partial charge on any atom is -0.369 e. The van der Waals surface area contributed by atoms with Crippen molar-refractivity contribution in [3.05, 3.63) is 17.8 Å². The predicted octanol–water partition coefficient (Wildman–Crippen LogP) is 1.61. The Morgan fingerprint density at radius 2 is 2.00 bits per heavy atom. The summed E-state index contributed by atoms with van der Waals surface area (Å²) >= 11 is 0. The standard InChI is InChI=1S/C15H27N5O/c1-6-16-14-8-7-13(18-19-14)15(21)17-12(9-11(2)3)10-20(4)5/h7-8,11-12H,6,9-10H2,1-5H3,(H,16,19)(H,17,21). The lowest BCUT2D eigenvalue weighted by molar-refractivity contribution is 0.0918. The molecule has 1 aromatic heterocycles. The third kappa shape index (κ3) is 6.53. The van der Waals surface area contributed by atoms with Crippen LogP contribution in [0.25, 0.3) is 0 Å². The van der Waals surface area contributed by atoms with E-state index in [0.29, 0.717) is 17.4 Å². The average molecular weight is 293 g/mol. The molecule has 2 N–H and O–H groups in total. The summed E-state index contributed by atoms with van der Waals surface area (Å²) in [5, 5.41) is 14.1. The van der Waals surface area contributed by atoms with Gasteiger partial charge in [-0.05, 0) is 45.5 Å². The highest BCUT2D eigenvalue weighted by atomic mass is 16.2. The van der Waals surface area contributed by atoms with Crippen LogP contribution in [0, 0.1) is 5.92 Å². The maximum atomic E-state index is 12.2. The molecular weight excluding hydrogens is 266 g/mol. The SMILES string of the molecule is CCNc1ccc(C(=O)NC(CC(C)C)CN(C)C)nn1. The number of nitrogens with one attached hydrogen (secondary N) is 2. The van der Waals surface area contributed by atoms with Crippen molar-refractivity contribution in [1.29, 1.82) is 0 Å². The fourth-order valence-electron chi connectivity index (χ4n) is 2.18. The summed E-state index contributed by atoms with van der Waals surface area (Å²) in [7, 11) is 4.01. The lowest BCUT2D eigenvalue weighted by Crippen LogP contribution is -2.42. The number of carbonyl (C=O) groups is 1. The van der Waals surface area contributed by atoms with Crippen molar-refractivity contribution in [3.63, 3.8) is 0 Å². The van der Waals surface area contributed by atoms with Crippen LogP contribution < -0.4 is 10.6 Å². The molecule has 0 radical (unpaired) electrons. The number of hydrogen-bond acceptors (Lipinski definition) is 5. The number of nitrogens with zero attached hydrogens (tertiary/aromatic N) is 3. The van der Waals surface area contributed by atoms with E-state index in [1.165, 1.54) is 0 Å². The molecule has 0 saturated carbocycles. The fourth-order valence-corrected chi connectivity index (χ4v) is 2.18. The number of rotatable bonds is 8. The van der Waals surface area contributed by atoms with Crippen LogP contribution in [-0.4, -0.2) is 54.2 Å². The molecule has 1 rings (SSSR count). The Morgan fingerprint density at radius 3 is 2.48 bits per heavy atom. The van der Waals surface area contributed by atoms with E-state index >= 15 is 0 Å². The Balaban J connectivity index is 2.67. The second kappa shape index (κ2) is 8.56. The van der Waals surface area contributed by atoms with E-state index in [1.807, 2.05) is 21.0 Å². The Hall–Kier alpha value is -1.69. The fraction of sp³-hybridized carbons (Fsp3) is 0.667. The average Bonchev–Trinajstić information content (AvgIpc) is 2.38. The first-order valence-electron chi connectivity index (χ1n) is 7.45. The number of carbonyl (C=O) groups excluding carboxylic acids is 1. The van der Waals surface area contributed by atoms with Crippen molar-refractivity contribution in [3.8, 4) is 0 Å². The maximum absolute atomic E-state index is 12.2. The van der Waals surface area contributed by atoms with Crippen molar-refractivity contribution >= 4 is 11.7 Å². The van der Waals surface area contributed by atoms with Gasteiger partial charge < -0.3 is 15.5 Å². The van der Waals surface area contributed by atoms with Crippen molar-refractivity contribution in [2.45, 2.75) is 33.2 Å². The Kier molecular flexibility index (Phi) is 7.08. The van der Waals surface area contributed by atoms with E-state index in [1.54, 1.807) is 12.1 Å². The zero-order valence-electron chi connectivity index (χ0n) is 13.7. The molecule has 0 aliphatic rings. The van der Waals surface area contributed by atoms with E-state index in [4.69, 9.17) is 0 Å². The summed E-state index contributed by atoms with van der Waals surface area (Å²) in [6.07, 6.45) is 0.937. The Labute approximate surface area is 127 Å². The van der Waals surface area contributed by atoms with Crippen molar-refractivity contribution in [1.82, 2.24) is 20.4 Å². The molecule has 0 aromatic carbocycles. The molecule has 0 saturated heterocycles. The Morgan fingerprint density at radius 1 is 1.29 bits per heavy atom. The maximum Gasteiger partial charge on any atom is 0.272 e. The molecule has 1 aromatic rings. The molecule has 0 bridgehead atoms. The quantitative estimate of drug-likeness (QED) is 0.762.